The van der Waals surface area contributed by atoms with E-state index < -0.39 is 9.84 Å². The van der Waals surface area contributed by atoms with Crippen molar-refractivity contribution in [1.82, 2.24) is 5.32 Å². The quantitative estimate of drug-likeness (QED) is 0.415. The molecule has 1 rings (SSSR count). The molecule has 20 heavy (non-hydrogen) atoms. The zero-order valence-electron chi connectivity index (χ0n) is 11.2. The molecule has 1 aliphatic rings. The number of ether oxygens (including phenoxy) is 3. The molecular formula is C11H21NO6S2. The molecule has 118 valence electrons. The van der Waals surface area contributed by atoms with Crippen LogP contribution in [-0.4, -0.2) is 75.9 Å². The molecule has 0 radical (unpaired) electrons. The Morgan fingerprint density at radius 1 is 1.20 bits per heavy atom. The van der Waals surface area contributed by atoms with Crippen LogP contribution in [0, 0.1) is 0 Å². The van der Waals surface area contributed by atoms with Crippen molar-refractivity contribution in [2.45, 2.75) is 12.5 Å². The molecule has 0 aliphatic carbocycles. The van der Waals surface area contributed by atoms with Gasteiger partial charge in [0.05, 0.1) is 44.5 Å². The molecule has 1 saturated heterocycles. The van der Waals surface area contributed by atoms with Crippen molar-refractivity contribution in [3.63, 3.8) is 0 Å². The minimum Gasteiger partial charge on any atom is -0.469 e. The van der Waals surface area contributed by atoms with Gasteiger partial charge in [-0.15, -0.1) is 0 Å². The van der Waals surface area contributed by atoms with Gasteiger partial charge in [-0.05, 0) is 18.6 Å². The van der Waals surface area contributed by atoms with Crippen molar-refractivity contribution >= 4 is 27.2 Å². The Bertz CT molecular complexity index is 386. The number of nitrogens with one attached hydrogen (secondary N) is 1. The number of aliphatic hydroxyl groups excluding tert-OH is 1. The standard InChI is InChI=1S/C11H21NO6S2/c13-2-3-16-4-5-17-6-7-18-11(19)12-10-1-8-20(14,15)9-10/h10,13H,1-9H2,(H,12,19). The normalized spacial score (nSPS) is 20.8. The summed E-state index contributed by atoms with van der Waals surface area (Å²) in [5.41, 5.74) is 0. The highest BCUT2D eigenvalue weighted by Gasteiger charge is 2.28. The maximum atomic E-state index is 11.3. The number of rotatable bonds is 9. The lowest BCUT2D eigenvalue weighted by atomic mass is 10.3. The molecule has 0 aromatic rings. The molecule has 7 nitrogen and oxygen atoms in total. The van der Waals surface area contributed by atoms with Crippen LogP contribution < -0.4 is 5.32 Å². The van der Waals surface area contributed by atoms with E-state index in [1.807, 2.05) is 0 Å². The van der Waals surface area contributed by atoms with Gasteiger partial charge in [0, 0.05) is 6.04 Å². The summed E-state index contributed by atoms with van der Waals surface area (Å²) < 4.78 is 38.0. The molecule has 0 amide bonds. The summed E-state index contributed by atoms with van der Waals surface area (Å²) in [5.74, 6) is 0.305. The molecule has 9 heteroatoms. The number of thiocarbonyl (C=S) groups is 1. The number of hydrogen-bond acceptors (Lipinski definition) is 7. The molecule has 1 unspecified atom stereocenters. The van der Waals surface area contributed by atoms with E-state index in [0.717, 1.165) is 0 Å². The van der Waals surface area contributed by atoms with Gasteiger partial charge in [0.25, 0.3) is 5.17 Å². The van der Waals surface area contributed by atoms with Gasteiger partial charge in [0.2, 0.25) is 0 Å². The van der Waals surface area contributed by atoms with Crippen LogP contribution in [0.25, 0.3) is 0 Å². The van der Waals surface area contributed by atoms with E-state index in [9.17, 15) is 8.42 Å². The Morgan fingerprint density at radius 2 is 1.85 bits per heavy atom. The van der Waals surface area contributed by atoms with E-state index in [1.165, 1.54) is 0 Å². The van der Waals surface area contributed by atoms with E-state index in [1.54, 1.807) is 0 Å². The largest absolute Gasteiger partial charge is 0.469 e. The van der Waals surface area contributed by atoms with Crippen molar-refractivity contribution in [1.29, 1.82) is 0 Å². The van der Waals surface area contributed by atoms with Crippen LogP contribution in [0.1, 0.15) is 6.42 Å². The Morgan fingerprint density at radius 3 is 2.45 bits per heavy atom. The molecule has 1 fully saturated rings. The van der Waals surface area contributed by atoms with E-state index in [0.29, 0.717) is 39.5 Å². The first kappa shape index (κ1) is 17.6. The van der Waals surface area contributed by atoms with E-state index in [4.69, 9.17) is 31.5 Å². The maximum absolute atomic E-state index is 11.3. The molecule has 0 spiro atoms. The third-order valence-corrected chi connectivity index (χ3v) is 4.63. The summed E-state index contributed by atoms with van der Waals surface area (Å²) in [6.45, 7) is 1.81. The van der Waals surface area contributed by atoms with E-state index in [-0.39, 0.29) is 29.3 Å². The van der Waals surface area contributed by atoms with Crippen molar-refractivity contribution < 1.29 is 27.7 Å². The average molecular weight is 327 g/mol. The fourth-order valence-corrected chi connectivity index (χ4v) is 3.62. The molecule has 0 saturated carbocycles. The molecule has 1 heterocycles. The lowest BCUT2D eigenvalue weighted by Crippen LogP contribution is -2.36. The zero-order valence-corrected chi connectivity index (χ0v) is 12.9. The summed E-state index contributed by atoms with van der Waals surface area (Å²) in [7, 11) is -2.92. The van der Waals surface area contributed by atoms with Crippen LogP contribution in [0.5, 0.6) is 0 Å². The fraction of sp³-hybridized carbons (Fsp3) is 0.909. The van der Waals surface area contributed by atoms with Crippen LogP contribution in [0.2, 0.25) is 0 Å². The second-order valence-corrected chi connectivity index (χ2v) is 6.93. The summed E-state index contributed by atoms with van der Waals surface area (Å²) in [6, 6.07) is -0.152. The maximum Gasteiger partial charge on any atom is 0.256 e. The highest BCUT2D eigenvalue weighted by atomic mass is 32.2. The minimum absolute atomic E-state index is 0.0000619. The van der Waals surface area contributed by atoms with Crippen LogP contribution in [0.3, 0.4) is 0 Å². The van der Waals surface area contributed by atoms with Crippen LogP contribution in [0.4, 0.5) is 0 Å². The number of sulfone groups is 1. The lowest BCUT2D eigenvalue weighted by molar-refractivity contribution is 0.0234. The lowest BCUT2D eigenvalue weighted by Gasteiger charge is -2.14. The zero-order chi connectivity index (χ0) is 14.8. The van der Waals surface area contributed by atoms with Gasteiger partial charge in [0.15, 0.2) is 9.84 Å². The second-order valence-electron chi connectivity index (χ2n) is 4.33. The van der Waals surface area contributed by atoms with Crippen molar-refractivity contribution in [2.24, 2.45) is 0 Å². The first-order valence-electron chi connectivity index (χ1n) is 6.43. The van der Waals surface area contributed by atoms with Crippen LogP contribution in [-0.2, 0) is 24.0 Å². The summed E-state index contributed by atoms with van der Waals surface area (Å²) in [4.78, 5) is 0. The van der Waals surface area contributed by atoms with Gasteiger partial charge in [-0.3, -0.25) is 0 Å². The molecule has 0 aromatic heterocycles. The summed E-state index contributed by atoms with van der Waals surface area (Å²) in [6.07, 6.45) is 0.560. The van der Waals surface area contributed by atoms with Crippen LogP contribution in [0.15, 0.2) is 0 Å². The number of hydrogen-bond donors (Lipinski definition) is 2. The minimum atomic E-state index is -2.92. The van der Waals surface area contributed by atoms with Gasteiger partial charge < -0.3 is 24.6 Å². The van der Waals surface area contributed by atoms with E-state index >= 15 is 0 Å². The third-order valence-electron chi connectivity index (χ3n) is 2.62. The molecular weight excluding hydrogens is 306 g/mol. The first-order chi connectivity index (χ1) is 9.53. The molecule has 0 bridgehead atoms. The number of aliphatic hydroxyl groups is 1. The highest BCUT2D eigenvalue weighted by Crippen LogP contribution is 2.11. The Kier molecular flexibility index (Phi) is 8.31. The van der Waals surface area contributed by atoms with Crippen molar-refractivity contribution in [3.05, 3.63) is 0 Å². The van der Waals surface area contributed by atoms with Gasteiger partial charge in [-0.25, -0.2) is 8.42 Å². The van der Waals surface area contributed by atoms with Crippen LogP contribution >= 0.6 is 12.2 Å². The van der Waals surface area contributed by atoms with Crippen molar-refractivity contribution in [2.75, 3.05) is 51.1 Å². The van der Waals surface area contributed by atoms with Gasteiger partial charge in [-0.1, -0.05) is 0 Å². The molecule has 1 atom stereocenters. The third kappa shape index (κ3) is 7.95. The van der Waals surface area contributed by atoms with Crippen molar-refractivity contribution in [3.8, 4) is 0 Å². The van der Waals surface area contributed by atoms with E-state index in [2.05, 4.69) is 5.32 Å². The predicted molar refractivity (Wildman–Crippen MR) is 77.5 cm³/mol. The summed E-state index contributed by atoms with van der Waals surface area (Å²) >= 11 is 4.96. The Hall–Kier alpha value is -0.480. The molecule has 1 aliphatic heterocycles. The van der Waals surface area contributed by atoms with Gasteiger partial charge in [0.1, 0.15) is 6.61 Å². The SMILES string of the molecule is O=S1(=O)CCC(NC(=S)OCCOCCOCCO)C1. The Balaban J connectivity index is 1.96. The van der Waals surface area contributed by atoms with Gasteiger partial charge >= 0.3 is 0 Å². The predicted octanol–water partition coefficient (Wildman–Crippen LogP) is -0.910. The fourth-order valence-electron chi connectivity index (χ4n) is 1.70. The average Bonchev–Trinajstić information content (AvgIpc) is 2.72. The van der Waals surface area contributed by atoms with Gasteiger partial charge in [-0.2, -0.15) is 0 Å². The highest BCUT2D eigenvalue weighted by molar-refractivity contribution is 7.91. The Labute approximate surface area is 124 Å². The molecule has 0 aromatic carbocycles. The first-order valence-corrected chi connectivity index (χ1v) is 8.66. The second kappa shape index (κ2) is 9.46. The summed E-state index contributed by atoms with van der Waals surface area (Å²) in [5, 5.41) is 11.5. The smallest absolute Gasteiger partial charge is 0.256 e. The monoisotopic (exact) mass is 327 g/mol. The topological polar surface area (TPSA) is 94.1 Å². The molecule has 2 N–H and O–H groups in total.